The molecule has 1 aromatic heterocycles. The summed E-state index contributed by atoms with van der Waals surface area (Å²) in [5.74, 6) is -0.669. The third-order valence-electron chi connectivity index (χ3n) is 4.31. The van der Waals surface area contributed by atoms with Crippen molar-refractivity contribution in [3.05, 3.63) is 77.6 Å². The highest BCUT2D eigenvalue weighted by molar-refractivity contribution is 7.80. The number of rotatable bonds is 5. The molecule has 0 aliphatic carbocycles. The van der Waals surface area contributed by atoms with Crippen molar-refractivity contribution in [1.29, 1.82) is 0 Å². The van der Waals surface area contributed by atoms with Crippen LogP contribution in [0.2, 0.25) is 0 Å². The van der Waals surface area contributed by atoms with Gasteiger partial charge in [0, 0.05) is 16.8 Å². The highest BCUT2D eigenvalue weighted by Crippen LogP contribution is 2.24. The van der Waals surface area contributed by atoms with Gasteiger partial charge in [0.2, 0.25) is 5.76 Å². The quantitative estimate of drug-likeness (QED) is 0.521. The zero-order valence-corrected chi connectivity index (χ0v) is 16.7. The summed E-state index contributed by atoms with van der Waals surface area (Å²) in [7, 11) is 0. The molecule has 0 saturated heterocycles. The molecule has 3 aromatic rings. The summed E-state index contributed by atoms with van der Waals surface area (Å²) in [6.45, 7) is 4.19. The largest absolute Gasteiger partial charge is 0.475 e. The van der Waals surface area contributed by atoms with Crippen LogP contribution in [0, 0.1) is 0 Å². The Morgan fingerprint density at radius 1 is 0.966 bits per heavy atom. The summed E-state index contributed by atoms with van der Waals surface area (Å²) in [6, 6.07) is 17.5. The standard InChI is InChI=1S/C22H20N2O4S/c1-13(2)14-3-5-16(6-4-14)20(25)24-22(29)23-17-9-7-15(8-10-17)18-11-12-19(28-18)21(26)27/h3-13H,1-2H3,(H,26,27)(H2,23,24,25,29). The van der Waals surface area contributed by atoms with E-state index in [1.807, 2.05) is 12.1 Å². The van der Waals surface area contributed by atoms with Gasteiger partial charge in [-0.3, -0.25) is 10.1 Å². The number of aromatic carboxylic acids is 1. The predicted molar refractivity (Wildman–Crippen MR) is 115 cm³/mol. The Hall–Kier alpha value is -3.45. The number of benzene rings is 2. The Morgan fingerprint density at radius 2 is 1.62 bits per heavy atom. The van der Waals surface area contributed by atoms with E-state index < -0.39 is 5.97 Å². The molecular weight excluding hydrogens is 388 g/mol. The van der Waals surface area contributed by atoms with Gasteiger partial charge in [-0.25, -0.2) is 4.79 Å². The van der Waals surface area contributed by atoms with Gasteiger partial charge in [-0.15, -0.1) is 0 Å². The Morgan fingerprint density at radius 3 is 2.17 bits per heavy atom. The van der Waals surface area contributed by atoms with E-state index in [4.69, 9.17) is 21.7 Å². The molecule has 0 aliphatic heterocycles. The molecule has 1 heterocycles. The maximum atomic E-state index is 12.3. The van der Waals surface area contributed by atoms with Crippen molar-refractivity contribution in [1.82, 2.24) is 5.32 Å². The van der Waals surface area contributed by atoms with Crippen LogP contribution in [0.1, 0.15) is 46.2 Å². The summed E-state index contributed by atoms with van der Waals surface area (Å²) < 4.78 is 5.27. The van der Waals surface area contributed by atoms with Crippen molar-refractivity contribution >= 4 is 34.9 Å². The Kier molecular flexibility index (Phi) is 6.09. The number of carbonyl (C=O) groups is 2. The maximum Gasteiger partial charge on any atom is 0.371 e. The van der Waals surface area contributed by atoms with Gasteiger partial charge in [0.25, 0.3) is 5.91 Å². The molecule has 0 atom stereocenters. The van der Waals surface area contributed by atoms with E-state index in [9.17, 15) is 9.59 Å². The van der Waals surface area contributed by atoms with Crippen LogP contribution in [0.25, 0.3) is 11.3 Å². The molecule has 3 rings (SSSR count). The van der Waals surface area contributed by atoms with Crippen molar-refractivity contribution in [3.8, 4) is 11.3 Å². The van der Waals surface area contributed by atoms with Crippen LogP contribution in [-0.4, -0.2) is 22.1 Å². The molecule has 3 N–H and O–H groups in total. The minimum atomic E-state index is -1.12. The number of thiocarbonyl (C=S) groups is 1. The van der Waals surface area contributed by atoms with Gasteiger partial charge < -0.3 is 14.8 Å². The number of carbonyl (C=O) groups excluding carboxylic acids is 1. The maximum absolute atomic E-state index is 12.3. The molecule has 29 heavy (non-hydrogen) atoms. The highest BCUT2D eigenvalue weighted by Gasteiger charge is 2.11. The first-order valence-corrected chi connectivity index (χ1v) is 9.40. The fraction of sp³-hybridized carbons (Fsp3) is 0.136. The van der Waals surface area contributed by atoms with Crippen LogP contribution in [0.3, 0.4) is 0 Å². The van der Waals surface area contributed by atoms with Gasteiger partial charge in [0.15, 0.2) is 5.11 Å². The second kappa shape index (κ2) is 8.70. The van der Waals surface area contributed by atoms with Gasteiger partial charge >= 0.3 is 5.97 Å². The van der Waals surface area contributed by atoms with Crippen LogP contribution >= 0.6 is 12.2 Å². The van der Waals surface area contributed by atoms with E-state index in [-0.39, 0.29) is 16.8 Å². The first-order valence-electron chi connectivity index (χ1n) is 8.99. The predicted octanol–water partition coefficient (Wildman–Crippen LogP) is 4.90. The van der Waals surface area contributed by atoms with Crippen molar-refractivity contribution in [3.63, 3.8) is 0 Å². The second-order valence-corrected chi connectivity index (χ2v) is 7.14. The molecule has 148 valence electrons. The van der Waals surface area contributed by atoms with Gasteiger partial charge in [-0.2, -0.15) is 0 Å². The van der Waals surface area contributed by atoms with Crippen LogP contribution in [0.5, 0.6) is 0 Å². The molecule has 0 aliphatic rings. The summed E-state index contributed by atoms with van der Waals surface area (Å²) >= 11 is 5.21. The highest BCUT2D eigenvalue weighted by atomic mass is 32.1. The summed E-state index contributed by atoms with van der Waals surface area (Å²) in [4.78, 5) is 23.2. The lowest BCUT2D eigenvalue weighted by atomic mass is 10.0. The molecule has 0 unspecified atom stereocenters. The van der Waals surface area contributed by atoms with E-state index in [2.05, 4.69) is 24.5 Å². The smallest absolute Gasteiger partial charge is 0.371 e. The molecule has 0 bridgehead atoms. The summed E-state index contributed by atoms with van der Waals surface area (Å²) in [5.41, 5.74) is 3.10. The fourth-order valence-corrected chi connectivity index (χ4v) is 2.89. The summed E-state index contributed by atoms with van der Waals surface area (Å²) in [6.07, 6.45) is 0. The molecule has 2 aromatic carbocycles. The number of nitrogens with one attached hydrogen (secondary N) is 2. The number of hydrogen-bond acceptors (Lipinski definition) is 4. The Balaban J connectivity index is 1.60. The van der Waals surface area contributed by atoms with Gasteiger partial charge in [0.05, 0.1) is 0 Å². The lowest BCUT2D eigenvalue weighted by molar-refractivity contribution is 0.0663. The molecule has 1 amide bonds. The first kappa shape index (κ1) is 20.3. The SMILES string of the molecule is CC(C)c1ccc(C(=O)NC(=S)Nc2ccc(-c3ccc(C(=O)O)o3)cc2)cc1. The molecule has 7 heteroatoms. The first-order chi connectivity index (χ1) is 13.8. The fourth-order valence-electron chi connectivity index (χ4n) is 2.68. The molecule has 6 nitrogen and oxygen atoms in total. The van der Waals surface area contributed by atoms with Gasteiger partial charge in [-0.1, -0.05) is 26.0 Å². The number of hydrogen-bond donors (Lipinski definition) is 3. The van der Waals surface area contributed by atoms with Crippen molar-refractivity contribution in [2.24, 2.45) is 0 Å². The molecule has 0 spiro atoms. The lowest BCUT2D eigenvalue weighted by Gasteiger charge is -2.11. The van der Waals surface area contributed by atoms with E-state index in [1.54, 1.807) is 42.5 Å². The van der Waals surface area contributed by atoms with E-state index in [0.717, 1.165) is 11.1 Å². The van der Waals surface area contributed by atoms with Crippen LogP contribution in [-0.2, 0) is 0 Å². The van der Waals surface area contributed by atoms with Crippen LogP contribution < -0.4 is 10.6 Å². The molecule has 0 radical (unpaired) electrons. The third-order valence-corrected chi connectivity index (χ3v) is 4.51. The summed E-state index contributed by atoms with van der Waals surface area (Å²) in [5, 5.41) is 14.7. The zero-order valence-electron chi connectivity index (χ0n) is 15.9. The third kappa shape index (κ3) is 5.08. The van der Waals surface area contributed by atoms with Gasteiger partial charge in [0.1, 0.15) is 5.76 Å². The van der Waals surface area contributed by atoms with Gasteiger partial charge in [-0.05, 0) is 72.2 Å². The number of furan rings is 1. The van der Waals surface area contributed by atoms with Crippen LogP contribution in [0.15, 0.2) is 65.1 Å². The second-order valence-electron chi connectivity index (χ2n) is 6.73. The van der Waals surface area contributed by atoms with E-state index >= 15 is 0 Å². The molecular formula is C22H20N2O4S. The number of amides is 1. The van der Waals surface area contributed by atoms with E-state index in [0.29, 0.717) is 22.9 Å². The van der Waals surface area contributed by atoms with Crippen molar-refractivity contribution < 1.29 is 19.1 Å². The average Bonchev–Trinajstić information content (AvgIpc) is 3.19. The number of carboxylic acids is 1. The topological polar surface area (TPSA) is 91.6 Å². The van der Waals surface area contributed by atoms with Crippen molar-refractivity contribution in [2.45, 2.75) is 19.8 Å². The average molecular weight is 408 g/mol. The molecule has 0 saturated carbocycles. The molecule has 0 fully saturated rings. The minimum absolute atomic E-state index is 0.118. The van der Waals surface area contributed by atoms with E-state index in [1.165, 1.54) is 6.07 Å². The number of carboxylic acid groups (broad SMARTS) is 1. The lowest BCUT2D eigenvalue weighted by Crippen LogP contribution is -2.34. The minimum Gasteiger partial charge on any atom is -0.475 e. The number of anilines is 1. The monoisotopic (exact) mass is 408 g/mol. The van der Waals surface area contributed by atoms with Crippen molar-refractivity contribution in [2.75, 3.05) is 5.32 Å². The Labute approximate surface area is 173 Å². The zero-order chi connectivity index (χ0) is 21.0. The normalized spacial score (nSPS) is 10.6. The Bertz CT molecular complexity index is 1040. The van der Waals surface area contributed by atoms with Crippen LogP contribution in [0.4, 0.5) is 5.69 Å².